The zero-order valence-corrected chi connectivity index (χ0v) is 18.0. The van der Waals surface area contributed by atoms with Crippen molar-refractivity contribution in [1.82, 2.24) is 9.80 Å². The Morgan fingerprint density at radius 1 is 1.04 bits per heavy atom. The predicted molar refractivity (Wildman–Crippen MR) is 117 cm³/mol. The Labute approximate surface area is 173 Å². The average Bonchev–Trinajstić information content (AvgIpc) is 2.66. The van der Waals surface area contributed by atoms with Gasteiger partial charge in [-0.25, -0.2) is 0 Å². The van der Waals surface area contributed by atoms with Crippen LogP contribution in [0.25, 0.3) is 0 Å². The summed E-state index contributed by atoms with van der Waals surface area (Å²) in [5, 5.41) is 3.92. The third-order valence-electron chi connectivity index (χ3n) is 5.58. The van der Waals surface area contributed by atoms with Crippen LogP contribution in [0.1, 0.15) is 29.2 Å². The fraction of sp³-hybridized carbons (Fsp3) is 0.435. The minimum Gasteiger partial charge on any atom is -0.324 e. The van der Waals surface area contributed by atoms with E-state index in [0.717, 1.165) is 54.6 Å². The second-order valence-corrected chi connectivity index (χ2v) is 8.31. The van der Waals surface area contributed by atoms with Gasteiger partial charge in [-0.2, -0.15) is 0 Å². The Bertz CT molecular complexity index is 803. The number of aryl methyl sites for hydroxylation is 3. The lowest BCUT2D eigenvalue weighted by atomic mass is 10.0. The van der Waals surface area contributed by atoms with Gasteiger partial charge in [-0.05, 0) is 56.5 Å². The maximum Gasteiger partial charge on any atom is 0.241 e. The van der Waals surface area contributed by atoms with E-state index in [2.05, 4.69) is 60.2 Å². The summed E-state index contributed by atoms with van der Waals surface area (Å²) in [5.74, 6) is 0.0706. The summed E-state index contributed by atoms with van der Waals surface area (Å²) in [7, 11) is 0. The second-order valence-electron chi connectivity index (χ2n) is 7.88. The molecule has 2 aromatic rings. The number of carbonyl (C=O) groups is 1. The minimum atomic E-state index is -0.141. The number of anilines is 1. The van der Waals surface area contributed by atoms with Gasteiger partial charge in [0.05, 0.1) is 6.04 Å². The van der Waals surface area contributed by atoms with E-state index in [9.17, 15) is 4.79 Å². The fourth-order valence-corrected chi connectivity index (χ4v) is 4.05. The van der Waals surface area contributed by atoms with Gasteiger partial charge >= 0.3 is 0 Å². The SMILES string of the molecule is Cc1cc(C)c(NC(=O)[C@@H](C)N2CCN(Cc3ccc(Cl)cc3)CC2)c(C)c1. The first-order valence-electron chi connectivity index (χ1n) is 9.93. The van der Waals surface area contributed by atoms with Crippen LogP contribution in [0.2, 0.25) is 5.02 Å². The normalized spacial score (nSPS) is 16.8. The largest absolute Gasteiger partial charge is 0.324 e. The third kappa shape index (κ3) is 5.13. The number of benzene rings is 2. The summed E-state index contributed by atoms with van der Waals surface area (Å²) in [5.41, 5.74) is 5.67. The Morgan fingerprint density at radius 3 is 2.18 bits per heavy atom. The highest BCUT2D eigenvalue weighted by Crippen LogP contribution is 2.22. The van der Waals surface area contributed by atoms with Crippen LogP contribution in [0.5, 0.6) is 0 Å². The molecule has 1 amide bonds. The van der Waals surface area contributed by atoms with Crippen LogP contribution in [-0.2, 0) is 11.3 Å². The standard InChI is InChI=1S/C23H30ClN3O/c1-16-13-17(2)22(18(3)14-16)25-23(28)19(4)27-11-9-26(10-12-27)15-20-5-7-21(24)8-6-20/h5-8,13-14,19H,9-12,15H2,1-4H3,(H,25,28)/t19-/m1/s1. The van der Waals surface area contributed by atoms with E-state index >= 15 is 0 Å². The van der Waals surface area contributed by atoms with E-state index in [1.165, 1.54) is 11.1 Å². The highest BCUT2D eigenvalue weighted by Gasteiger charge is 2.26. The van der Waals surface area contributed by atoms with Gasteiger partial charge < -0.3 is 5.32 Å². The molecule has 1 N–H and O–H groups in total. The van der Waals surface area contributed by atoms with E-state index < -0.39 is 0 Å². The smallest absolute Gasteiger partial charge is 0.241 e. The Kier molecular flexibility index (Phi) is 6.76. The summed E-state index contributed by atoms with van der Waals surface area (Å²) in [6, 6.07) is 12.1. The van der Waals surface area contributed by atoms with Gasteiger partial charge in [-0.3, -0.25) is 14.6 Å². The summed E-state index contributed by atoms with van der Waals surface area (Å²) in [6.45, 7) is 12.8. The monoisotopic (exact) mass is 399 g/mol. The minimum absolute atomic E-state index is 0.0706. The summed E-state index contributed by atoms with van der Waals surface area (Å²) in [6.07, 6.45) is 0. The van der Waals surface area contributed by atoms with Crippen molar-refractivity contribution < 1.29 is 4.79 Å². The Hall–Kier alpha value is -1.88. The van der Waals surface area contributed by atoms with Crippen molar-refractivity contribution in [1.29, 1.82) is 0 Å². The first-order valence-corrected chi connectivity index (χ1v) is 10.3. The molecular weight excluding hydrogens is 370 g/mol. The van der Waals surface area contributed by atoms with Crippen LogP contribution in [0.4, 0.5) is 5.69 Å². The lowest BCUT2D eigenvalue weighted by Crippen LogP contribution is -2.52. The summed E-state index contributed by atoms with van der Waals surface area (Å²) in [4.78, 5) is 17.5. The molecule has 5 heteroatoms. The average molecular weight is 400 g/mol. The van der Waals surface area contributed by atoms with Crippen molar-refractivity contribution in [2.24, 2.45) is 0 Å². The van der Waals surface area contributed by atoms with Crippen LogP contribution in [0.15, 0.2) is 36.4 Å². The number of nitrogens with zero attached hydrogens (tertiary/aromatic N) is 2. The zero-order chi connectivity index (χ0) is 20.3. The first-order chi connectivity index (χ1) is 13.3. The lowest BCUT2D eigenvalue weighted by Gasteiger charge is -2.37. The molecule has 1 saturated heterocycles. The number of halogens is 1. The quantitative estimate of drug-likeness (QED) is 0.808. The number of hydrogen-bond donors (Lipinski definition) is 1. The molecule has 1 atom stereocenters. The van der Waals surface area contributed by atoms with Gasteiger partial charge in [-0.15, -0.1) is 0 Å². The lowest BCUT2D eigenvalue weighted by molar-refractivity contribution is -0.121. The van der Waals surface area contributed by atoms with Crippen molar-refractivity contribution in [2.45, 2.75) is 40.3 Å². The van der Waals surface area contributed by atoms with Crippen LogP contribution >= 0.6 is 11.6 Å². The molecule has 0 bridgehead atoms. The van der Waals surface area contributed by atoms with Crippen molar-refractivity contribution in [2.75, 3.05) is 31.5 Å². The number of rotatable bonds is 5. The van der Waals surface area contributed by atoms with Gasteiger partial charge in [0, 0.05) is 43.4 Å². The molecule has 0 aliphatic carbocycles. The van der Waals surface area contributed by atoms with E-state index in [4.69, 9.17) is 11.6 Å². The number of nitrogens with one attached hydrogen (secondary N) is 1. The van der Waals surface area contributed by atoms with Gasteiger partial charge in [0.25, 0.3) is 0 Å². The van der Waals surface area contributed by atoms with E-state index in [0.29, 0.717) is 0 Å². The third-order valence-corrected chi connectivity index (χ3v) is 5.83. The molecule has 28 heavy (non-hydrogen) atoms. The molecule has 0 spiro atoms. The molecule has 2 aromatic carbocycles. The van der Waals surface area contributed by atoms with E-state index in [1.807, 2.05) is 19.1 Å². The zero-order valence-electron chi connectivity index (χ0n) is 17.3. The number of hydrogen-bond acceptors (Lipinski definition) is 3. The van der Waals surface area contributed by atoms with Crippen molar-refractivity contribution >= 4 is 23.2 Å². The number of piperazine rings is 1. The Morgan fingerprint density at radius 2 is 1.61 bits per heavy atom. The molecule has 0 saturated carbocycles. The van der Waals surface area contributed by atoms with Gasteiger partial charge in [0.2, 0.25) is 5.91 Å². The molecule has 1 fully saturated rings. The molecule has 1 aliphatic rings. The maximum absolute atomic E-state index is 12.8. The maximum atomic E-state index is 12.8. The fourth-order valence-electron chi connectivity index (χ4n) is 3.93. The topological polar surface area (TPSA) is 35.6 Å². The molecule has 1 aliphatic heterocycles. The molecule has 1 heterocycles. The van der Waals surface area contributed by atoms with Crippen LogP contribution in [-0.4, -0.2) is 47.9 Å². The highest BCUT2D eigenvalue weighted by atomic mass is 35.5. The highest BCUT2D eigenvalue weighted by molar-refractivity contribution is 6.30. The number of amides is 1. The molecule has 150 valence electrons. The van der Waals surface area contributed by atoms with Crippen molar-refractivity contribution in [3.63, 3.8) is 0 Å². The summed E-state index contributed by atoms with van der Waals surface area (Å²) < 4.78 is 0. The van der Waals surface area contributed by atoms with Crippen molar-refractivity contribution in [3.05, 3.63) is 63.7 Å². The summed E-state index contributed by atoms with van der Waals surface area (Å²) >= 11 is 5.97. The first kappa shape index (κ1) is 20.8. The Balaban J connectivity index is 1.54. The second kappa shape index (κ2) is 9.08. The molecule has 3 rings (SSSR count). The molecule has 0 unspecified atom stereocenters. The van der Waals surface area contributed by atoms with Gasteiger partial charge in [-0.1, -0.05) is 41.4 Å². The predicted octanol–water partition coefficient (Wildman–Crippen LogP) is 4.41. The molecule has 0 aromatic heterocycles. The molecule has 0 radical (unpaired) electrons. The van der Waals surface area contributed by atoms with Gasteiger partial charge in [0.15, 0.2) is 0 Å². The van der Waals surface area contributed by atoms with E-state index in [1.54, 1.807) is 0 Å². The van der Waals surface area contributed by atoms with Crippen LogP contribution in [0.3, 0.4) is 0 Å². The molecule has 4 nitrogen and oxygen atoms in total. The molecular formula is C23H30ClN3O. The van der Waals surface area contributed by atoms with E-state index in [-0.39, 0.29) is 11.9 Å². The number of carbonyl (C=O) groups excluding carboxylic acids is 1. The van der Waals surface area contributed by atoms with Crippen LogP contribution in [0, 0.1) is 20.8 Å². The van der Waals surface area contributed by atoms with Crippen molar-refractivity contribution in [3.8, 4) is 0 Å². The van der Waals surface area contributed by atoms with Crippen LogP contribution < -0.4 is 5.32 Å². The van der Waals surface area contributed by atoms with Gasteiger partial charge in [0.1, 0.15) is 0 Å².